The van der Waals surface area contributed by atoms with E-state index in [1.807, 2.05) is 0 Å². The molecule has 1 heterocycles. The van der Waals surface area contributed by atoms with Crippen molar-refractivity contribution >= 4 is 24.2 Å². The molecule has 1 saturated carbocycles. The standard InChI is InChI=1S/C13H23N3O3.ClH/c1-9(13(18)16-5-7-19-8-6-16)15-12(17)10-3-2-4-11(10)14;/h9-11H,2-8,14H2,1H3,(H,15,17);1H. The fourth-order valence-electron chi connectivity index (χ4n) is 2.75. The molecule has 0 spiro atoms. The van der Waals surface area contributed by atoms with Gasteiger partial charge in [-0.2, -0.15) is 0 Å². The van der Waals surface area contributed by atoms with Crippen molar-refractivity contribution in [1.82, 2.24) is 10.2 Å². The Balaban J connectivity index is 0.00000200. The van der Waals surface area contributed by atoms with Crippen molar-refractivity contribution in [2.45, 2.75) is 38.3 Å². The first-order chi connectivity index (χ1) is 9.09. The number of morpholine rings is 1. The summed E-state index contributed by atoms with van der Waals surface area (Å²) in [6.07, 6.45) is 2.71. The molecule has 6 nitrogen and oxygen atoms in total. The van der Waals surface area contributed by atoms with Crippen LogP contribution in [0.5, 0.6) is 0 Å². The summed E-state index contributed by atoms with van der Waals surface area (Å²) in [6.45, 7) is 4.07. The largest absolute Gasteiger partial charge is 0.378 e. The summed E-state index contributed by atoms with van der Waals surface area (Å²) in [5, 5.41) is 2.80. The van der Waals surface area contributed by atoms with Crippen molar-refractivity contribution < 1.29 is 14.3 Å². The molecule has 0 aromatic rings. The molecule has 7 heteroatoms. The molecular weight excluding hydrogens is 282 g/mol. The zero-order valence-corrected chi connectivity index (χ0v) is 12.7. The molecule has 3 N–H and O–H groups in total. The van der Waals surface area contributed by atoms with Crippen LogP contribution < -0.4 is 11.1 Å². The highest BCUT2D eigenvalue weighted by Gasteiger charge is 2.32. The normalized spacial score (nSPS) is 27.6. The first kappa shape index (κ1) is 17.2. The average molecular weight is 306 g/mol. The maximum Gasteiger partial charge on any atom is 0.245 e. The van der Waals surface area contributed by atoms with Crippen molar-refractivity contribution in [1.29, 1.82) is 0 Å². The summed E-state index contributed by atoms with van der Waals surface area (Å²) in [4.78, 5) is 26.0. The summed E-state index contributed by atoms with van der Waals surface area (Å²) in [5.74, 6) is -0.262. The van der Waals surface area contributed by atoms with Crippen LogP contribution in [0.1, 0.15) is 26.2 Å². The minimum Gasteiger partial charge on any atom is -0.378 e. The number of hydrogen-bond acceptors (Lipinski definition) is 4. The maximum absolute atomic E-state index is 12.2. The lowest BCUT2D eigenvalue weighted by Crippen LogP contribution is -2.52. The lowest BCUT2D eigenvalue weighted by atomic mass is 10.0. The van der Waals surface area contributed by atoms with Crippen molar-refractivity contribution in [3.63, 3.8) is 0 Å². The van der Waals surface area contributed by atoms with E-state index in [1.54, 1.807) is 11.8 Å². The number of carbonyl (C=O) groups is 2. The number of nitrogens with two attached hydrogens (primary N) is 1. The van der Waals surface area contributed by atoms with E-state index < -0.39 is 6.04 Å². The molecule has 116 valence electrons. The third-order valence-electron chi connectivity index (χ3n) is 3.96. The van der Waals surface area contributed by atoms with Gasteiger partial charge in [-0.1, -0.05) is 6.42 Å². The van der Waals surface area contributed by atoms with Crippen molar-refractivity contribution in [3.05, 3.63) is 0 Å². The van der Waals surface area contributed by atoms with Gasteiger partial charge in [0.05, 0.1) is 19.1 Å². The molecule has 1 aliphatic carbocycles. The predicted molar refractivity (Wildman–Crippen MR) is 77.6 cm³/mol. The van der Waals surface area contributed by atoms with Crippen LogP contribution in [-0.2, 0) is 14.3 Å². The van der Waals surface area contributed by atoms with Crippen LogP contribution in [0.25, 0.3) is 0 Å². The highest BCUT2D eigenvalue weighted by molar-refractivity contribution is 5.88. The van der Waals surface area contributed by atoms with Crippen LogP contribution in [0.4, 0.5) is 0 Å². The van der Waals surface area contributed by atoms with Crippen molar-refractivity contribution in [2.75, 3.05) is 26.3 Å². The minimum absolute atomic E-state index is 0. The van der Waals surface area contributed by atoms with Crippen molar-refractivity contribution in [2.24, 2.45) is 11.7 Å². The zero-order valence-electron chi connectivity index (χ0n) is 11.8. The van der Waals surface area contributed by atoms with Gasteiger partial charge in [-0.15, -0.1) is 12.4 Å². The highest BCUT2D eigenvalue weighted by atomic mass is 35.5. The topological polar surface area (TPSA) is 84.7 Å². The van der Waals surface area contributed by atoms with Gasteiger partial charge in [0.25, 0.3) is 0 Å². The van der Waals surface area contributed by atoms with Gasteiger partial charge in [-0.3, -0.25) is 9.59 Å². The molecule has 2 amide bonds. The highest BCUT2D eigenvalue weighted by Crippen LogP contribution is 2.24. The average Bonchev–Trinajstić information content (AvgIpc) is 2.85. The summed E-state index contributed by atoms with van der Waals surface area (Å²) in [7, 11) is 0. The summed E-state index contributed by atoms with van der Waals surface area (Å²) < 4.78 is 5.21. The van der Waals surface area contributed by atoms with E-state index in [4.69, 9.17) is 10.5 Å². The molecule has 0 aromatic heterocycles. The van der Waals surface area contributed by atoms with Gasteiger partial charge in [-0.05, 0) is 19.8 Å². The fourth-order valence-corrected chi connectivity index (χ4v) is 2.75. The van der Waals surface area contributed by atoms with E-state index in [1.165, 1.54) is 0 Å². The molecule has 0 radical (unpaired) electrons. The summed E-state index contributed by atoms with van der Waals surface area (Å²) in [5.41, 5.74) is 5.90. The molecule has 0 aromatic carbocycles. The minimum atomic E-state index is -0.488. The van der Waals surface area contributed by atoms with Crippen LogP contribution in [-0.4, -0.2) is 55.1 Å². The number of nitrogens with zero attached hydrogens (tertiary/aromatic N) is 1. The Morgan fingerprint density at radius 1 is 1.30 bits per heavy atom. The number of halogens is 1. The summed E-state index contributed by atoms with van der Waals surface area (Å²) >= 11 is 0. The van der Waals surface area contributed by atoms with E-state index in [-0.39, 0.29) is 36.2 Å². The quantitative estimate of drug-likeness (QED) is 0.762. The fraction of sp³-hybridized carbons (Fsp3) is 0.846. The number of rotatable bonds is 3. The Bertz CT molecular complexity index is 348. The third kappa shape index (κ3) is 4.07. The van der Waals surface area contributed by atoms with Crippen LogP contribution in [0, 0.1) is 5.92 Å². The Morgan fingerprint density at radius 2 is 1.95 bits per heavy atom. The van der Waals surface area contributed by atoms with Gasteiger partial charge in [0.2, 0.25) is 11.8 Å². The molecular formula is C13H24ClN3O3. The molecule has 2 fully saturated rings. The number of amides is 2. The van der Waals surface area contributed by atoms with Crippen LogP contribution in [0.3, 0.4) is 0 Å². The Morgan fingerprint density at radius 3 is 2.50 bits per heavy atom. The maximum atomic E-state index is 12.2. The van der Waals surface area contributed by atoms with Gasteiger partial charge in [-0.25, -0.2) is 0 Å². The monoisotopic (exact) mass is 305 g/mol. The van der Waals surface area contributed by atoms with Gasteiger partial charge < -0.3 is 20.7 Å². The number of hydrogen-bond donors (Lipinski definition) is 2. The molecule has 2 rings (SSSR count). The molecule has 3 unspecified atom stereocenters. The molecule has 2 aliphatic rings. The van der Waals surface area contributed by atoms with E-state index in [0.717, 1.165) is 19.3 Å². The van der Waals surface area contributed by atoms with E-state index >= 15 is 0 Å². The second-order valence-corrected chi connectivity index (χ2v) is 5.37. The molecule has 0 bridgehead atoms. The van der Waals surface area contributed by atoms with Gasteiger partial charge in [0.15, 0.2) is 0 Å². The summed E-state index contributed by atoms with van der Waals surface area (Å²) in [6, 6.07) is -0.552. The number of ether oxygens (including phenoxy) is 1. The Kier molecular flexibility index (Phi) is 6.71. The lowest BCUT2D eigenvalue weighted by molar-refractivity contribution is -0.140. The Labute approximate surface area is 125 Å². The van der Waals surface area contributed by atoms with Crippen molar-refractivity contribution in [3.8, 4) is 0 Å². The van der Waals surface area contributed by atoms with Crippen LogP contribution in [0.15, 0.2) is 0 Å². The van der Waals surface area contributed by atoms with E-state index in [0.29, 0.717) is 26.3 Å². The van der Waals surface area contributed by atoms with E-state index in [2.05, 4.69) is 5.32 Å². The first-order valence-corrected chi connectivity index (χ1v) is 7.02. The van der Waals surface area contributed by atoms with Crippen LogP contribution >= 0.6 is 12.4 Å². The molecule has 1 saturated heterocycles. The number of nitrogens with one attached hydrogen (secondary N) is 1. The van der Waals surface area contributed by atoms with E-state index in [9.17, 15) is 9.59 Å². The lowest BCUT2D eigenvalue weighted by Gasteiger charge is -2.30. The second-order valence-electron chi connectivity index (χ2n) is 5.37. The van der Waals surface area contributed by atoms with Gasteiger partial charge in [0, 0.05) is 19.1 Å². The molecule has 1 aliphatic heterocycles. The SMILES string of the molecule is CC(NC(=O)C1CCCC1N)C(=O)N1CCOCC1.Cl. The predicted octanol–water partition coefficient (Wildman–Crippen LogP) is -0.101. The first-order valence-electron chi connectivity index (χ1n) is 7.02. The molecule has 3 atom stereocenters. The Hall–Kier alpha value is -0.850. The second kappa shape index (κ2) is 7.81. The molecule has 20 heavy (non-hydrogen) atoms. The van der Waals surface area contributed by atoms with Gasteiger partial charge in [0.1, 0.15) is 6.04 Å². The van der Waals surface area contributed by atoms with Gasteiger partial charge >= 0.3 is 0 Å². The third-order valence-corrected chi connectivity index (χ3v) is 3.96. The smallest absolute Gasteiger partial charge is 0.245 e. The zero-order chi connectivity index (χ0) is 13.8. The van der Waals surface area contributed by atoms with Crippen LogP contribution in [0.2, 0.25) is 0 Å². The number of carbonyl (C=O) groups excluding carboxylic acids is 2.